The fourth-order valence-corrected chi connectivity index (χ4v) is 2.91. The van der Waals surface area contributed by atoms with Crippen LogP contribution in [0.25, 0.3) is 0 Å². The number of aliphatic carboxylic acids is 1. The van der Waals surface area contributed by atoms with Crippen molar-refractivity contribution in [3.8, 4) is 0 Å². The molecule has 0 saturated heterocycles. The molecule has 1 aromatic carbocycles. The van der Waals surface area contributed by atoms with E-state index >= 15 is 0 Å². The van der Waals surface area contributed by atoms with Crippen LogP contribution >= 0.6 is 0 Å². The lowest BCUT2D eigenvalue weighted by Crippen LogP contribution is -2.28. The van der Waals surface area contributed by atoms with Crippen molar-refractivity contribution in [2.45, 2.75) is 31.1 Å². The van der Waals surface area contributed by atoms with Crippen LogP contribution in [-0.2, 0) is 21.2 Å². The third-order valence-corrected chi connectivity index (χ3v) is 4.54. The Morgan fingerprint density at radius 2 is 1.90 bits per heavy atom. The number of aryl methyl sites for hydroxylation is 1. The van der Waals surface area contributed by atoms with Crippen LogP contribution < -0.4 is 4.72 Å². The Hall–Kier alpha value is -1.44. The van der Waals surface area contributed by atoms with Crippen LogP contribution in [0.3, 0.4) is 0 Å². The van der Waals surface area contributed by atoms with Crippen LogP contribution in [0.5, 0.6) is 0 Å². The minimum atomic E-state index is -3.57. The molecule has 118 valence electrons. The molecule has 7 heteroatoms. The van der Waals surface area contributed by atoms with Gasteiger partial charge in [0.25, 0.3) is 0 Å². The van der Waals surface area contributed by atoms with E-state index in [4.69, 9.17) is 10.2 Å². The van der Waals surface area contributed by atoms with Crippen molar-refractivity contribution in [2.75, 3.05) is 13.2 Å². The highest BCUT2D eigenvalue weighted by atomic mass is 32.2. The number of carboxylic acid groups (broad SMARTS) is 1. The Morgan fingerprint density at radius 1 is 1.29 bits per heavy atom. The summed E-state index contributed by atoms with van der Waals surface area (Å²) in [6, 6.07) is 6.18. The van der Waals surface area contributed by atoms with Gasteiger partial charge in [-0.25, -0.2) is 13.1 Å². The Kier molecular flexibility index (Phi) is 6.80. The van der Waals surface area contributed by atoms with E-state index in [1.54, 1.807) is 12.1 Å². The first kappa shape index (κ1) is 17.6. The average Bonchev–Trinajstić information content (AvgIpc) is 2.44. The first-order valence-corrected chi connectivity index (χ1v) is 8.24. The molecule has 0 fully saturated rings. The third-order valence-electron chi connectivity index (χ3n) is 3.10. The average molecular weight is 315 g/mol. The van der Waals surface area contributed by atoms with Gasteiger partial charge in [0.1, 0.15) is 0 Å². The summed E-state index contributed by atoms with van der Waals surface area (Å²) < 4.78 is 26.6. The zero-order chi connectivity index (χ0) is 15.9. The lowest BCUT2D eigenvalue weighted by Gasteiger charge is -2.12. The van der Waals surface area contributed by atoms with Crippen LogP contribution in [0.2, 0.25) is 0 Å². The van der Waals surface area contributed by atoms with Crippen LogP contribution in [0.1, 0.15) is 25.3 Å². The largest absolute Gasteiger partial charge is 0.481 e. The third kappa shape index (κ3) is 6.24. The number of hydrogen-bond donors (Lipinski definition) is 3. The number of nitrogens with one attached hydrogen (secondary N) is 1. The van der Waals surface area contributed by atoms with E-state index in [1.807, 2.05) is 6.92 Å². The van der Waals surface area contributed by atoms with Gasteiger partial charge in [-0.1, -0.05) is 19.1 Å². The highest BCUT2D eigenvalue weighted by molar-refractivity contribution is 7.89. The van der Waals surface area contributed by atoms with Crippen LogP contribution in [0, 0.1) is 5.92 Å². The molecule has 0 bridgehead atoms. The summed E-state index contributed by atoms with van der Waals surface area (Å²) in [4.78, 5) is 10.6. The Morgan fingerprint density at radius 3 is 2.43 bits per heavy atom. The van der Waals surface area contributed by atoms with Gasteiger partial charge in [-0.15, -0.1) is 0 Å². The maximum absolute atomic E-state index is 12.1. The highest BCUT2D eigenvalue weighted by Crippen LogP contribution is 2.12. The number of benzene rings is 1. The molecule has 0 aromatic heterocycles. The Labute approximate surface area is 124 Å². The van der Waals surface area contributed by atoms with Crippen molar-refractivity contribution < 1.29 is 23.4 Å². The Bertz CT molecular complexity index is 553. The number of sulfonamides is 1. The van der Waals surface area contributed by atoms with E-state index in [0.717, 1.165) is 5.56 Å². The summed E-state index contributed by atoms with van der Waals surface area (Å²) in [7, 11) is -3.57. The van der Waals surface area contributed by atoms with Crippen molar-refractivity contribution in [1.29, 1.82) is 0 Å². The normalized spacial score (nSPS) is 13.0. The van der Waals surface area contributed by atoms with Gasteiger partial charge in [0.2, 0.25) is 10.0 Å². The molecule has 0 radical (unpaired) electrons. The summed E-state index contributed by atoms with van der Waals surface area (Å²) >= 11 is 0. The number of aliphatic hydroxyl groups excluding tert-OH is 1. The SMILES string of the molecule is CC(CCO)CNS(=O)(=O)c1ccc(CCC(=O)O)cc1. The smallest absolute Gasteiger partial charge is 0.303 e. The molecular formula is C14H21NO5S. The van der Waals surface area contributed by atoms with Crippen LogP contribution in [0.4, 0.5) is 0 Å². The number of carboxylic acids is 1. The summed E-state index contributed by atoms with van der Waals surface area (Å²) in [5, 5.41) is 17.4. The van der Waals surface area contributed by atoms with Crippen molar-refractivity contribution >= 4 is 16.0 Å². The first-order chi connectivity index (χ1) is 9.85. The standard InChI is InChI=1S/C14H21NO5S/c1-11(8-9-16)10-15-21(19,20)13-5-2-12(3-6-13)4-7-14(17)18/h2-3,5-6,11,15-16H,4,7-10H2,1H3,(H,17,18). The van der Waals surface area contributed by atoms with Crippen molar-refractivity contribution in [3.63, 3.8) is 0 Å². The molecule has 1 unspecified atom stereocenters. The predicted molar refractivity (Wildman–Crippen MR) is 78.5 cm³/mol. The summed E-state index contributed by atoms with van der Waals surface area (Å²) in [5.74, 6) is -0.828. The van der Waals surface area contributed by atoms with Crippen molar-refractivity contribution in [2.24, 2.45) is 5.92 Å². The van der Waals surface area contributed by atoms with Gasteiger partial charge < -0.3 is 10.2 Å². The quantitative estimate of drug-likeness (QED) is 0.631. The highest BCUT2D eigenvalue weighted by Gasteiger charge is 2.15. The van der Waals surface area contributed by atoms with Crippen LogP contribution in [-0.4, -0.2) is 37.8 Å². The van der Waals surface area contributed by atoms with Crippen molar-refractivity contribution in [3.05, 3.63) is 29.8 Å². The fraction of sp³-hybridized carbons (Fsp3) is 0.500. The molecular weight excluding hydrogens is 294 g/mol. The van der Waals surface area contributed by atoms with E-state index in [0.29, 0.717) is 12.8 Å². The molecule has 0 heterocycles. The summed E-state index contributed by atoms with van der Waals surface area (Å²) in [6.07, 6.45) is 0.927. The second kappa shape index (κ2) is 8.11. The molecule has 3 N–H and O–H groups in total. The maximum Gasteiger partial charge on any atom is 0.303 e. The van der Waals surface area contributed by atoms with Gasteiger partial charge in [-0.2, -0.15) is 0 Å². The van der Waals surface area contributed by atoms with Gasteiger partial charge in [0.05, 0.1) is 4.90 Å². The van der Waals surface area contributed by atoms with E-state index in [1.165, 1.54) is 12.1 Å². The minimum absolute atomic E-state index is 0.0169. The van der Waals surface area contributed by atoms with Gasteiger partial charge in [-0.05, 0) is 36.5 Å². The van der Waals surface area contributed by atoms with Gasteiger partial charge in [0.15, 0.2) is 0 Å². The minimum Gasteiger partial charge on any atom is -0.481 e. The monoisotopic (exact) mass is 315 g/mol. The van der Waals surface area contributed by atoms with E-state index in [2.05, 4.69) is 4.72 Å². The number of hydrogen-bond acceptors (Lipinski definition) is 4. The van der Waals surface area contributed by atoms with Gasteiger partial charge in [-0.3, -0.25) is 4.79 Å². The molecule has 0 aliphatic rings. The molecule has 0 aliphatic carbocycles. The predicted octanol–water partition coefficient (Wildman–Crippen LogP) is 1.00. The molecule has 0 saturated carbocycles. The fourth-order valence-electron chi connectivity index (χ4n) is 1.74. The molecule has 1 rings (SSSR count). The summed E-state index contributed by atoms with van der Waals surface area (Å²) in [5.41, 5.74) is 0.782. The zero-order valence-electron chi connectivity index (χ0n) is 11.9. The lowest BCUT2D eigenvalue weighted by molar-refractivity contribution is -0.136. The Balaban J connectivity index is 2.64. The summed E-state index contributed by atoms with van der Waals surface area (Å²) in [6.45, 7) is 2.15. The maximum atomic E-state index is 12.1. The molecule has 6 nitrogen and oxygen atoms in total. The van der Waals surface area contributed by atoms with Gasteiger partial charge >= 0.3 is 5.97 Å². The zero-order valence-corrected chi connectivity index (χ0v) is 12.8. The molecule has 0 aliphatic heterocycles. The lowest BCUT2D eigenvalue weighted by atomic mass is 10.1. The number of aliphatic hydroxyl groups is 1. The number of carbonyl (C=O) groups is 1. The molecule has 0 amide bonds. The van der Waals surface area contributed by atoms with E-state index in [9.17, 15) is 13.2 Å². The second-order valence-corrected chi connectivity index (χ2v) is 6.77. The molecule has 0 spiro atoms. The topological polar surface area (TPSA) is 104 Å². The van der Waals surface area contributed by atoms with E-state index in [-0.39, 0.29) is 30.4 Å². The van der Waals surface area contributed by atoms with Crippen LogP contribution in [0.15, 0.2) is 29.2 Å². The molecule has 21 heavy (non-hydrogen) atoms. The van der Waals surface area contributed by atoms with Gasteiger partial charge in [0, 0.05) is 19.6 Å². The number of rotatable bonds is 9. The molecule has 1 atom stereocenters. The molecule has 1 aromatic rings. The first-order valence-electron chi connectivity index (χ1n) is 6.76. The van der Waals surface area contributed by atoms with E-state index < -0.39 is 16.0 Å². The second-order valence-electron chi connectivity index (χ2n) is 5.01. The van der Waals surface area contributed by atoms with Crippen molar-refractivity contribution in [1.82, 2.24) is 4.72 Å².